The van der Waals surface area contributed by atoms with Crippen LogP contribution in [0.4, 0.5) is 0 Å². The predicted molar refractivity (Wildman–Crippen MR) is 86.5 cm³/mol. The van der Waals surface area contributed by atoms with Crippen molar-refractivity contribution >= 4 is 10.0 Å². The zero-order valence-corrected chi connectivity index (χ0v) is 14.1. The summed E-state index contributed by atoms with van der Waals surface area (Å²) in [5.74, 6) is 0. The molecule has 0 saturated heterocycles. The Morgan fingerprint density at radius 3 is 2.59 bits per heavy atom. The van der Waals surface area contributed by atoms with E-state index in [1.165, 1.54) is 11.1 Å². The summed E-state index contributed by atoms with van der Waals surface area (Å²) < 4.78 is 33.0. The Labute approximate surface area is 133 Å². The van der Waals surface area contributed by atoms with Crippen molar-refractivity contribution in [1.82, 2.24) is 4.31 Å². The van der Waals surface area contributed by atoms with Gasteiger partial charge in [-0.2, -0.15) is 4.31 Å². The fourth-order valence-corrected chi connectivity index (χ4v) is 5.44. The summed E-state index contributed by atoms with van der Waals surface area (Å²) in [6.07, 6.45) is 7.38. The molecule has 0 amide bonds. The van der Waals surface area contributed by atoms with Gasteiger partial charge < -0.3 is 4.74 Å². The molecule has 1 saturated carbocycles. The standard InChI is InChI=1S/C17H25NO3S/c1-21-12-11-18(16-7-2-3-8-16)22(19,20)17-10-9-14-5-4-6-15(14)13-17/h9-10,13,16H,2-8,11-12H2,1H3. The van der Waals surface area contributed by atoms with Crippen molar-refractivity contribution in [3.63, 3.8) is 0 Å². The first kappa shape index (κ1) is 16.0. The summed E-state index contributed by atoms with van der Waals surface area (Å²) in [5.41, 5.74) is 2.52. The van der Waals surface area contributed by atoms with E-state index in [1.54, 1.807) is 17.5 Å². The van der Waals surface area contributed by atoms with Crippen LogP contribution in [0.25, 0.3) is 0 Å². The minimum Gasteiger partial charge on any atom is -0.383 e. The summed E-state index contributed by atoms with van der Waals surface area (Å²) in [4.78, 5) is 0.455. The summed E-state index contributed by atoms with van der Waals surface area (Å²) in [5, 5.41) is 0. The number of nitrogens with zero attached hydrogens (tertiary/aromatic N) is 1. The number of benzene rings is 1. The molecular formula is C17H25NO3S. The molecule has 1 fully saturated rings. The van der Waals surface area contributed by atoms with Crippen molar-refractivity contribution in [2.45, 2.75) is 55.9 Å². The van der Waals surface area contributed by atoms with Crippen LogP contribution in [-0.2, 0) is 27.6 Å². The number of methoxy groups -OCH3 is 1. The Balaban J connectivity index is 1.90. The summed E-state index contributed by atoms with van der Waals surface area (Å²) >= 11 is 0. The normalized spacial score (nSPS) is 19.0. The molecule has 2 aliphatic rings. The molecule has 0 aromatic heterocycles. The largest absolute Gasteiger partial charge is 0.383 e. The number of ether oxygens (including phenoxy) is 1. The molecule has 1 aromatic carbocycles. The molecule has 2 aliphatic carbocycles. The average Bonchev–Trinajstić information content (AvgIpc) is 3.18. The van der Waals surface area contributed by atoms with Crippen LogP contribution >= 0.6 is 0 Å². The van der Waals surface area contributed by atoms with Gasteiger partial charge in [-0.05, 0) is 55.4 Å². The Kier molecular flexibility index (Phi) is 4.85. The third kappa shape index (κ3) is 3.07. The molecule has 0 heterocycles. The van der Waals surface area contributed by atoms with E-state index in [1.807, 2.05) is 12.1 Å². The number of hydrogen-bond donors (Lipinski definition) is 0. The number of sulfonamides is 1. The highest BCUT2D eigenvalue weighted by Crippen LogP contribution is 2.31. The van der Waals surface area contributed by atoms with E-state index in [2.05, 4.69) is 0 Å². The van der Waals surface area contributed by atoms with E-state index in [9.17, 15) is 8.42 Å². The van der Waals surface area contributed by atoms with E-state index in [0.29, 0.717) is 18.0 Å². The summed E-state index contributed by atoms with van der Waals surface area (Å²) in [6.45, 7) is 0.890. The van der Waals surface area contributed by atoms with Gasteiger partial charge in [-0.15, -0.1) is 0 Å². The van der Waals surface area contributed by atoms with Gasteiger partial charge in [-0.3, -0.25) is 0 Å². The van der Waals surface area contributed by atoms with Crippen molar-refractivity contribution in [1.29, 1.82) is 0 Å². The minimum atomic E-state index is -3.42. The first-order chi connectivity index (χ1) is 10.6. The van der Waals surface area contributed by atoms with Gasteiger partial charge in [0.15, 0.2) is 0 Å². The maximum atomic E-state index is 13.1. The smallest absolute Gasteiger partial charge is 0.243 e. The van der Waals surface area contributed by atoms with Crippen LogP contribution in [0.3, 0.4) is 0 Å². The Bertz CT molecular complexity index is 621. The van der Waals surface area contributed by atoms with Crippen molar-refractivity contribution in [2.24, 2.45) is 0 Å². The molecule has 0 atom stereocenters. The van der Waals surface area contributed by atoms with E-state index in [0.717, 1.165) is 44.9 Å². The molecule has 5 heteroatoms. The van der Waals surface area contributed by atoms with Crippen LogP contribution in [-0.4, -0.2) is 39.0 Å². The van der Waals surface area contributed by atoms with Crippen LogP contribution in [0.15, 0.2) is 23.1 Å². The maximum absolute atomic E-state index is 13.1. The van der Waals surface area contributed by atoms with Crippen LogP contribution in [0.5, 0.6) is 0 Å². The van der Waals surface area contributed by atoms with E-state index >= 15 is 0 Å². The van der Waals surface area contributed by atoms with Crippen LogP contribution in [0, 0.1) is 0 Å². The Morgan fingerprint density at radius 1 is 1.14 bits per heavy atom. The van der Waals surface area contributed by atoms with E-state index in [-0.39, 0.29) is 6.04 Å². The monoisotopic (exact) mass is 323 g/mol. The first-order valence-electron chi connectivity index (χ1n) is 8.25. The lowest BCUT2D eigenvalue weighted by molar-refractivity contribution is 0.166. The van der Waals surface area contributed by atoms with Gasteiger partial charge in [-0.25, -0.2) is 8.42 Å². The molecule has 22 heavy (non-hydrogen) atoms. The van der Waals surface area contributed by atoms with Gasteiger partial charge in [0.25, 0.3) is 0 Å². The summed E-state index contributed by atoms with van der Waals surface area (Å²) in [7, 11) is -1.81. The van der Waals surface area contributed by atoms with Crippen molar-refractivity contribution in [3.8, 4) is 0 Å². The number of hydrogen-bond acceptors (Lipinski definition) is 3. The zero-order chi connectivity index (χ0) is 15.6. The molecule has 3 rings (SSSR count). The highest BCUT2D eigenvalue weighted by atomic mass is 32.2. The molecule has 0 bridgehead atoms. The van der Waals surface area contributed by atoms with Gasteiger partial charge in [0, 0.05) is 19.7 Å². The second-order valence-corrected chi connectivity index (χ2v) is 8.22. The predicted octanol–water partition coefficient (Wildman–Crippen LogP) is 2.76. The van der Waals surface area contributed by atoms with Crippen molar-refractivity contribution in [3.05, 3.63) is 29.3 Å². The van der Waals surface area contributed by atoms with Crippen LogP contribution < -0.4 is 0 Å². The fraction of sp³-hybridized carbons (Fsp3) is 0.647. The van der Waals surface area contributed by atoms with Crippen LogP contribution in [0.1, 0.15) is 43.2 Å². The Hall–Kier alpha value is -0.910. The lowest BCUT2D eigenvalue weighted by atomic mass is 10.1. The molecule has 1 aromatic rings. The highest BCUT2D eigenvalue weighted by molar-refractivity contribution is 7.89. The lowest BCUT2D eigenvalue weighted by Crippen LogP contribution is -2.40. The van der Waals surface area contributed by atoms with E-state index in [4.69, 9.17) is 4.74 Å². The summed E-state index contributed by atoms with van der Waals surface area (Å²) in [6, 6.07) is 5.81. The van der Waals surface area contributed by atoms with Gasteiger partial charge in [-0.1, -0.05) is 18.9 Å². The molecule has 4 nitrogen and oxygen atoms in total. The second-order valence-electron chi connectivity index (χ2n) is 6.33. The van der Waals surface area contributed by atoms with Crippen molar-refractivity contribution < 1.29 is 13.2 Å². The topological polar surface area (TPSA) is 46.6 Å². The minimum absolute atomic E-state index is 0.133. The molecule has 0 aliphatic heterocycles. The van der Waals surface area contributed by atoms with E-state index < -0.39 is 10.0 Å². The molecule has 0 unspecified atom stereocenters. The highest BCUT2D eigenvalue weighted by Gasteiger charge is 2.33. The lowest BCUT2D eigenvalue weighted by Gasteiger charge is -2.28. The average molecular weight is 323 g/mol. The fourth-order valence-electron chi connectivity index (χ4n) is 3.72. The zero-order valence-electron chi connectivity index (χ0n) is 13.3. The van der Waals surface area contributed by atoms with Crippen LogP contribution in [0.2, 0.25) is 0 Å². The van der Waals surface area contributed by atoms with Crippen molar-refractivity contribution in [2.75, 3.05) is 20.3 Å². The number of aryl methyl sites for hydroxylation is 2. The molecule has 122 valence electrons. The molecule has 0 spiro atoms. The molecule has 0 radical (unpaired) electrons. The third-order valence-electron chi connectivity index (χ3n) is 4.92. The number of rotatable bonds is 6. The molecule has 0 N–H and O–H groups in total. The van der Waals surface area contributed by atoms with Gasteiger partial charge in [0.05, 0.1) is 11.5 Å². The van der Waals surface area contributed by atoms with Gasteiger partial charge >= 0.3 is 0 Å². The van der Waals surface area contributed by atoms with Gasteiger partial charge in [0.1, 0.15) is 0 Å². The third-order valence-corrected chi connectivity index (χ3v) is 6.87. The molecular weight excluding hydrogens is 298 g/mol. The van der Waals surface area contributed by atoms with Gasteiger partial charge in [0.2, 0.25) is 10.0 Å². The quantitative estimate of drug-likeness (QED) is 0.809. The maximum Gasteiger partial charge on any atom is 0.243 e. The SMILES string of the molecule is COCCN(C1CCCC1)S(=O)(=O)c1ccc2c(c1)CCC2. The second kappa shape index (κ2) is 6.69. The Morgan fingerprint density at radius 2 is 1.86 bits per heavy atom. The first-order valence-corrected chi connectivity index (χ1v) is 9.69. The number of fused-ring (bicyclic) bond motifs is 1.